The summed E-state index contributed by atoms with van der Waals surface area (Å²) in [6, 6.07) is 6.77. The first-order valence-corrected chi connectivity index (χ1v) is 4.16. The molecule has 0 saturated carbocycles. The first-order chi connectivity index (χ1) is 6.15. The van der Waals surface area contributed by atoms with Crippen LogP contribution in [0.15, 0.2) is 30.8 Å². The Morgan fingerprint density at radius 2 is 1.77 bits per heavy atom. The van der Waals surface area contributed by atoms with Gasteiger partial charge in [0.2, 0.25) is 0 Å². The summed E-state index contributed by atoms with van der Waals surface area (Å²) in [4.78, 5) is 10.5. The van der Waals surface area contributed by atoms with E-state index in [1.54, 1.807) is 24.3 Å². The Hall–Kier alpha value is -1.57. The highest BCUT2D eigenvalue weighted by Crippen LogP contribution is 2.15. The van der Waals surface area contributed by atoms with Crippen molar-refractivity contribution in [1.29, 1.82) is 0 Å². The molecule has 1 rings (SSSR count). The smallest absolute Gasteiger partial charge is 0.335 e. The van der Waals surface area contributed by atoms with Gasteiger partial charge >= 0.3 is 5.97 Å². The van der Waals surface area contributed by atoms with E-state index in [1.165, 1.54) is 0 Å². The van der Waals surface area contributed by atoms with Crippen LogP contribution in [-0.4, -0.2) is 11.1 Å². The third-order valence-corrected chi connectivity index (χ3v) is 1.97. The summed E-state index contributed by atoms with van der Waals surface area (Å²) in [5, 5.41) is 8.65. The van der Waals surface area contributed by atoms with Crippen molar-refractivity contribution in [2.75, 3.05) is 0 Å². The van der Waals surface area contributed by atoms with Gasteiger partial charge < -0.3 is 5.11 Å². The second kappa shape index (κ2) is 3.90. The van der Waals surface area contributed by atoms with Gasteiger partial charge in [-0.2, -0.15) is 0 Å². The molecule has 0 aromatic heterocycles. The molecule has 0 aliphatic rings. The Morgan fingerprint density at radius 3 is 2.15 bits per heavy atom. The third kappa shape index (κ3) is 2.18. The summed E-state index contributed by atoms with van der Waals surface area (Å²) >= 11 is 0. The molecule has 0 atom stereocenters. The van der Waals surface area contributed by atoms with Crippen molar-refractivity contribution in [1.82, 2.24) is 0 Å². The zero-order valence-electron chi connectivity index (χ0n) is 7.58. The van der Waals surface area contributed by atoms with Gasteiger partial charge in [0.05, 0.1) is 5.56 Å². The molecular formula is C11H12O2. The molecule has 13 heavy (non-hydrogen) atoms. The molecule has 0 aliphatic carbocycles. The third-order valence-electron chi connectivity index (χ3n) is 1.97. The van der Waals surface area contributed by atoms with E-state index in [-0.39, 0.29) is 0 Å². The molecule has 0 amide bonds. The monoisotopic (exact) mass is 176 g/mol. The van der Waals surface area contributed by atoms with Crippen LogP contribution in [0.2, 0.25) is 0 Å². The highest BCUT2D eigenvalue weighted by molar-refractivity contribution is 5.88. The standard InChI is InChI=1S/C11H12O2/c1-3-8(2)9-4-6-10(7-5-9)11(12)13/h4-7H,2-3H2,1H3,(H,12,13). The summed E-state index contributed by atoms with van der Waals surface area (Å²) < 4.78 is 0. The van der Waals surface area contributed by atoms with E-state index < -0.39 is 5.97 Å². The lowest BCUT2D eigenvalue weighted by Crippen LogP contribution is -1.95. The fraction of sp³-hybridized carbons (Fsp3) is 0.182. The van der Waals surface area contributed by atoms with Crippen molar-refractivity contribution in [2.45, 2.75) is 13.3 Å². The predicted octanol–water partition coefficient (Wildman–Crippen LogP) is 2.81. The SMILES string of the molecule is C=C(CC)c1ccc(C(=O)O)cc1. The van der Waals surface area contributed by atoms with Crippen LogP contribution in [0.25, 0.3) is 5.57 Å². The van der Waals surface area contributed by atoms with E-state index in [9.17, 15) is 4.79 Å². The largest absolute Gasteiger partial charge is 0.478 e. The first kappa shape index (κ1) is 9.52. The number of carboxylic acid groups (broad SMARTS) is 1. The lowest BCUT2D eigenvalue weighted by molar-refractivity contribution is 0.0697. The summed E-state index contributed by atoms with van der Waals surface area (Å²) in [5.41, 5.74) is 2.34. The molecule has 0 fully saturated rings. The number of hydrogen-bond donors (Lipinski definition) is 1. The molecule has 2 heteroatoms. The normalized spacial score (nSPS) is 9.62. The molecular weight excluding hydrogens is 164 g/mol. The predicted molar refractivity (Wildman–Crippen MR) is 52.7 cm³/mol. The molecule has 0 heterocycles. The number of aromatic carboxylic acids is 1. The summed E-state index contributed by atoms with van der Waals surface area (Å²) in [7, 11) is 0. The average molecular weight is 176 g/mol. The minimum Gasteiger partial charge on any atom is -0.478 e. The fourth-order valence-corrected chi connectivity index (χ4v) is 1.05. The summed E-state index contributed by atoms with van der Waals surface area (Å²) in [6.45, 7) is 5.89. The van der Waals surface area contributed by atoms with Gasteiger partial charge in [0.1, 0.15) is 0 Å². The summed E-state index contributed by atoms with van der Waals surface area (Å²) in [6.07, 6.45) is 0.881. The zero-order chi connectivity index (χ0) is 9.84. The molecule has 68 valence electrons. The molecule has 2 nitrogen and oxygen atoms in total. The van der Waals surface area contributed by atoms with Gasteiger partial charge in [0, 0.05) is 0 Å². The van der Waals surface area contributed by atoms with Crippen molar-refractivity contribution in [2.24, 2.45) is 0 Å². The molecule has 1 N–H and O–H groups in total. The highest BCUT2D eigenvalue weighted by atomic mass is 16.4. The highest BCUT2D eigenvalue weighted by Gasteiger charge is 2.02. The Bertz CT molecular complexity index is 322. The minimum atomic E-state index is -0.895. The maximum absolute atomic E-state index is 10.5. The van der Waals surface area contributed by atoms with E-state index >= 15 is 0 Å². The number of rotatable bonds is 3. The van der Waals surface area contributed by atoms with Gasteiger partial charge in [-0.05, 0) is 29.7 Å². The molecule has 0 saturated heterocycles. The quantitative estimate of drug-likeness (QED) is 0.768. The van der Waals surface area contributed by atoms with Crippen LogP contribution >= 0.6 is 0 Å². The van der Waals surface area contributed by atoms with Gasteiger partial charge in [0.25, 0.3) is 0 Å². The average Bonchev–Trinajstić information content (AvgIpc) is 2.17. The van der Waals surface area contributed by atoms with Crippen molar-refractivity contribution >= 4 is 11.5 Å². The fourth-order valence-electron chi connectivity index (χ4n) is 1.05. The molecule has 0 spiro atoms. The summed E-state index contributed by atoms with van der Waals surface area (Å²) in [5.74, 6) is -0.895. The van der Waals surface area contributed by atoms with E-state index in [1.807, 2.05) is 6.92 Å². The van der Waals surface area contributed by atoms with Crippen molar-refractivity contribution in [3.63, 3.8) is 0 Å². The van der Waals surface area contributed by atoms with Crippen LogP contribution in [0.5, 0.6) is 0 Å². The van der Waals surface area contributed by atoms with E-state index in [4.69, 9.17) is 5.11 Å². The van der Waals surface area contributed by atoms with Crippen LogP contribution in [0.4, 0.5) is 0 Å². The number of allylic oxidation sites excluding steroid dienone is 1. The molecule has 0 aliphatic heterocycles. The molecule has 0 unspecified atom stereocenters. The Kier molecular flexibility index (Phi) is 2.85. The van der Waals surface area contributed by atoms with Crippen LogP contribution < -0.4 is 0 Å². The van der Waals surface area contributed by atoms with E-state index in [2.05, 4.69) is 6.58 Å². The van der Waals surface area contributed by atoms with Gasteiger partial charge in [-0.1, -0.05) is 25.6 Å². The van der Waals surface area contributed by atoms with Gasteiger partial charge in [-0.25, -0.2) is 4.79 Å². The van der Waals surface area contributed by atoms with Crippen molar-refractivity contribution in [3.8, 4) is 0 Å². The van der Waals surface area contributed by atoms with Crippen molar-refractivity contribution < 1.29 is 9.90 Å². The minimum absolute atomic E-state index is 0.313. The van der Waals surface area contributed by atoms with Crippen LogP contribution in [0.1, 0.15) is 29.3 Å². The van der Waals surface area contributed by atoms with E-state index in [0.717, 1.165) is 17.6 Å². The molecule has 0 radical (unpaired) electrons. The first-order valence-electron chi connectivity index (χ1n) is 4.16. The second-order valence-corrected chi connectivity index (χ2v) is 2.84. The lowest BCUT2D eigenvalue weighted by Gasteiger charge is -2.02. The topological polar surface area (TPSA) is 37.3 Å². The van der Waals surface area contributed by atoms with Gasteiger partial charge in [-0.3, -0.25) is 0 Å². The molecule has 0 bridgehead atoms. The number of benzene rings is 1. The van der Waals surface area contributed by atoms with E-state index in [0.29, 0.717) is 5.56 Å². The van der Waals surface area contributed by atoms with Gasteiger partial charge in [0.15, 0.2) is 0 Å². The maximum atomic E-state index is 10.5. The van der Waals surface area contributed by atoms with Crippen LogP contribution in [0.3, 0.4) is 0 Å². The number of hydrogen-bond acceptors (Lipinski definition) is 1. The van der Waals surface area contributed by atoms with Gasteiger partial charge in [-0.15, -0.1) is 0 Å². The zero-order valence-corrected chi connectivity index (χ0v) is 7.58. The number of carboxylic acids is 1. The molecule has 1 aromatic carbocycles. The Morgan fingerprint density at radius 1 is 1.31 bits per heavy atom. The van der Waals surface area contributed by atoms with Crippen molar-refractivity contribution in [3.05, 3.63) is 42.0 Å². The van der Waals surface area contributed by atoms with Crippen LogP contribution in [-0.2, 0) is 0 Å². The van der Waals surface area contributed by atoms with Crippen LogP contribution in [0, 0.1) is 0 Å². The number of carbonyl (C=O) groups is 1. The Balaban J connectivity index is 2.93. The second-order valence-electron chi connectivity index (χ2n) is 2.84. The molecule has 1 aromatic rings. The maximum Gasteiger partial charge on any atom is 0.335 e. The Labute approximate surface area is 77.5 Å². The lowest BCUT2D eigenvalue weighted by atomic mass is 10.0.